The summed E-state index contributed by atoms with van der Waals surface area (Å²) in [6.07, 6.45) is 8.91. The van der Waals surface area contributed by atoms with E-state index in [1.165, 1.54) is 0 Å². The Hall–Kier alpha value is -3.00. The van der Waals surface area contributed by atoms with Gasteiger partial charge in [-0.1, -0.05) is 30.3 Å². The smallest absolute Gasteiger partial charge is 0.191 e. The van der Waals surface area contributed by atoms with E-state index in [1.807, 2.05) is 59.5 Å². The standard InChI is InChI=1S/C22H25N5O2S/c1-28-19-9-5-8-18(16-19)21-24-25-22(27(21)17-20-10-6-14-29-20)30-15-4-2-3-12-26-13-7-11-23-26/h5-11,13-14,16H,2-4,12,15,17H2,1H3. The van der Waals surface area contributed by atoms with Gasteiger partial charge in [-0.05, 0) is 43.2 Å². The lowest BCUT2D eigenvalue weighted by Gasteiger charge is -2.10. The molecular formula is C22H25N5O2S. The van der Waals surface area contributed by atoms with Crippen molar-refractivity contribution in [2.45, 2.75) is 37.5 Å². The maximum atomic E-state index is 5.57. The predicted octanol–water partition coefficient (Wildman–Crippen LogP) is 4.75. The van der Waals surface area contributed by atoms with Crippen molar-refractivity contribution < 1.29 is 9.15 Å². The Balaban J connectivity index is 1.42. The summed E-state index contributed by atoms with van der Waals surface area (Å²) in [6.45, 7) is 1.56. The Morgan fingerprint density at radius 2 is 2.03 bits per heavy atom. The lowest BCUT2D eigenvalue weighted by Crippen LogP contribution is -2.04. The van der Waals surface area contributed by atoms with Crippen molar-refractivity contribution in [2.75, 3.05) is 12.9 Å². The fourth-order valence-corrected chi connectivity index (χ4v) is 4.16. The SMILES string of the molecule is COc1cccc(-c2nnc(SCCCCCn3cccn3)n2Cc2ccco2)c1. The van der Waals surface area contributed by atoms with Gasteiger partial charge in [0.15, 0.2) is 11.0 Å². The summed E-state index contributed by atoms with van der Waals surface area (Å²) in [4.78, 5) is 0. The highest BCUT2D eigenvalue weighted by Crippen LogP contribution is 2.28. The Labute approximate surface area is 180 Å². The number of thioether (sulfide) groups is 1. The van der Waals surface area contributed by atoms with Crippen LogP contribution in [-0.2, 0) is 13.1 Å². The highest BCUT2D eigenvalue weighted by Gasteiger charge is 2.16. The molecule has 0 aliphatic carbocycles. The number of furan rings is 1. The van der Waals surface area contributed by atoms with E-state index in [9.17, 15) is 0 Å². The van der Waals surface area contributed by atoms with Crippen molar-refractivity contribution >= 4 is 11.8 Å². The first-order valence-electron chi connectivity index (χ1n) is 10.0. The number of hydrogen-bond donors (Lipinski definition) is 0. The molecule has 0 saturated carbocycles. The largest absolute Gasteiger partial charge is 0.497 e. The van der Waals surface area contributed by atoms with Gasteiger partial charge in [-0.2, -0.15) is 5.10 Å². The molecule has 4 rings (SSSR count). The highest BCUT2D eigenvalue weighted by molar-refractivity contribution is 7.99. The zero-order valence-electron chi connectivity index (χ0n) is 17.0. The monoisotopic (exact) mass is 423 g/mol. The van der Waals surface area contributed by atoms with E-state index < -0.39 is 0 Å². The van der Waals surface area contributed by atoms with Crippen LogP contribution in [0.2, 0.25) is 0 Å². The van der Waals surface area contributed by atoms with Gasteiger partial charge in [-0.15, -0.1) is 10.2 Å². The Kier molecular flexibility index (Phi) is 6.87. The van der Waals surface area contributed by atoms with Gasteiger partial charge in [0.1, 0.15) is 11.5 Å². The van der Waals surface area contributed by atoms with E-state index in [0.717, 1.165) is 59.6 Å². The molecule has 0 spiro atoms. The maximum Gasteiger partial charge on any atom is 0.191 e. The van der Waals surface area contributed by atoms with Gasteiger partial charge >= 0.3 is 0 Å². The van der Waals surface area contributed by atoms with Crippen LogP contribution in [0.15, 0.2) is 70.7 Å². The van der Waals surface area contributed by atoms with Crippen molar-refractivity contribution in [1.29, 1.82) is 0 Å². The predicted molar refractivity (Wildman–Crippen MR) is 117 cm³/mol. The summed E-state index contributed by atoms with van der Waals surface area (Å²) in [7, 11) is 1.67. The molecule has 7 nitrogen and oxygen atoms in total. The maximum absolute atomic E-state index is 5.57. The topological polar surface area (TPSA) is 70.9 Å². The van der Waals surface area contributed by atoms with Gasteiger partial charge < -0.3 is 9.15 Å². The lowest BCUT2D eigenvalue weighted by atomic mass is 10.2. The molecule has 0 saturated heterocycles. The molecule has 0 amide bonds. The highest BCUT2D eigenvalue weighted by atomic mass is 32.2. The minimum atomic E-state index is 0.591. The quantitative estimate of drug-likeness (QED) is 0.256. The molecule has 0 aliphatic rings. The first-order valence-corrected chi connectivity index (χ1v) is 11.0. The summed E-state index contributed by atoms with van der Waals surface area (Å²) in [6, 6.07) is 13.7. The molecule has 3 heterocycles. The summed E-state index contributed by atoms with van der Waals surface area (Å²) in [5.41, 5.74) is 0.972. The molecule has 0 unspecified atom stereocenters. The second-order valence-corrected chi connectivity index (χ2v) is 7.94. The van der Waals surface area contributed by atoms with E-state index in [4.69, 9.17) is 9.15 Å². The van der Waals surface area contributed by atoms with Crippen LogP contribution in [-0.4, -0.2) is 37.4 Å². The molecule has 0 N–H and O–H groups in total. The number of methoxy groups -OCH3 is 1. The van der Waals surface area contributed by atoms with Gasteiger partial charge in [0.05, 0.1) is 19.9 Å². The number of benzene rings is 1. The number of hydrogen-bond acceptors (Lipinski definition) is 6. The summed E-state index contributed by atoms with van der Waals surface area (Å²) >= 11 is 1.74. The molecule has 1 aromatic carbocycles. The summed E-state index contributed by atoms with van der Waals surface area (Å²) in [5.74, 6) is 3.48. The number of ether oxygens (including phenoxy) is 1. The molecule has 0 bridgehead atoms. The van der Waals surface area contributed by atoms with Gasteiger partial charge in [-0.3, -0.25) is 9.25 Å². The molecule has 30 heavy (non-hydrogen) atoms. The fourth-order valence-electron chi connectivity index (χ4n) is 3.22. The summed E-state index contributed by atoms with van der Waals surface area (Å²) < 4.78 is 15.0. The van der Waals surface area contributed by atoms with E-state index in [2.05, 4.69) is 19.9 Å². The van der Waals surface area contributed by atoms with Crippen LogP contribution in [0.3, 0.4) is 0 Å². The average molecular weight is 424 g/mol. The van der Waals surface area contributed by atoms with Gasteiger partial charge in [0.25, 0.3) is 0 Å². The number of aromatic nitrogens is 5. The number of rotatable bonds is 11. The first-order chi connectivity index (χ1) is 14.8. The molecule has 0 radical (unpaired) electrons. The normalized spacial score (nSPS) is 11.1. The first kappa shape index (κ1) is 20.3. The number of unbranched alkanes of at least 4 members (excludes halogenated alkanes) is 2. The van der Waals surface area contributed by atoms with Gasteiger partial charge in [-0.25, -0.2) is 0 Å². The molecule has 156 valence electrons. The third kappa shape index (κ3) is 5.13. The van der Waals surface area contributed by atoms with Crippen molar-refractivity contribution in [3.05, 3.63) is 66.9 Å². The van der Waals surface area contributed by atoms with E-state index in [-0.39, 0.29) is 0 Å². The fraction of sp³-hybridized carbons (Fsp3) is 0.318. The van der Waals surface area contributed by atoms with Crippen molar-refractivity contribution in [2.24, 2.45) is 0 Å². The van der Waals surface area contributed by atoms with Crippen LogP contribution in [0.4, 0.5) is 0 Å². The second-order valence-electron chi connectivity index (χ2n) is 6.88. The third-order valence-corrected chi connectivity index (χ3v) is 5.81. The van der Waals surface area contributed by atoms with Crippen LogP contribution in [0.1, 0.15) is 25.0 Å². The zero-order valence-corrected chi connectivity index (χ0v) is 17.8. The van der Waals surface area contributed by atoms with Gasteiger partial charge in [0.2, 0.25) is 0 Å². The summed E-state index contributed by atoms with van der Waals surface area (Å²) in [5, 5.41) is 14.1. The number of nitrogens with zero attached hydrogens (tertiary/aromatic N) is 5. The van der Waals surface area contributed by atoms with Crippen LogP contribution in [0.25, 0.3) is 11.4 Å². The van der Waals surface area contributed by atoms with E-state index in [0.29, 0.717) is 6.54 Å². The Morgan fingerprint density at radius 3 is 2.83 bits per heavy atom. The minimum Gasteiger partial charge on any atom is -0.497 e. The van der Waals surface area contributed by atoms with E-state index >= 15 is 0 Å². The Morgan fingerprint density at radius 1 is 1.07 bits per heavy atom. The molecule has 0 fully saturated rings. The molecule has 8 heteroatoms. The molecule has 4 aromatic rings. The minimum absolute atomic E-state index is 0.591. The lowest BCUT2D eigenvalue weighted by molar-refractivity contribution is 0.415. The second kappa shape index (κ2) is 10.2. The molecular weight excluding hydrogens is 398 g/mol. The van der Waals surface area contributed by atoms with Crippen LogP contribution in [0, 0.1) is 0 Å². The zero-order chi connectivity index (χ0) is 20.6. The third-order valence-electron chi connectivity index (χ3n) is 4.76. The van der Waals surface area contributed by atoms with Crippen molar-refractivity contribution in [3.8, 4) is 17.1 Å². The van der Waals surface area contributed by atoms with Crippen molar-refractivity contribution in [3.63, 3.8) is 0 Å². The average Bonchev–Trinajstić information content (AvgIpc) is 3.54. The molecule has 3 aromatic heterocycles. The van der Waals surface area contributed by atoms with Crippen LogP contribution < -0.4 is 4.74 Å². The number of aryl methyl sites for hydroxylation is 1. The van der Waals surface area contributed by atoms with Crippen molar-refractivity contribution in [1.82, 2.24) is 24.5 Å². The van der Waals surface area contributed by atoms with Crippen LogP contribution >= 0.6 is 11.8 Å². The van der Waals surface area contributed by atoms with Gasteiger partial charge in [0, 0.05) is 30.3 Å². The molecule has 0 atom stereocenters. The Bertz CT molecular complexity index is 1030. The molecule has 0 aliphatic heterocycles. The van der Waals surface area contributed by atoms with Crippen LogP contribution in [0.5, 0.6) is 5.75 Å². The van der Waals surface area contributed by atoms with E-state index in [1.54, 1.807) is 25.1 Å².